The van der Waals surface area contributed by atoms with E-state index in [1.54, 1.807) is 29.2 Å². The van der Waals surface area contributed by atoms with Crippen molar-refractivity contribution in [1.82, 2.24) is 14.5 Å². The van der Waals surface area contributed by atoms with Gasteiger partial charge in [-0.2, -0.15) is 0 Å². The first-order chi connectivity index (χ1) is 16.8. The summed E-state index contributed by atoms with van der Waals surface area (Å²) in [5, 5.41) is 0.427. The second-order valence-corrected chi connectivity index (χ2v) is 8.89. The van der Waals surface area contributed by atoms with Crippen molar-refractivity contribution in [2.75, 3.05) is 6.54 Å². The Labute approximate surface area is 202 Å². The molecule has 0 aliphatic heterocycles. The van der Waals surface area contributed by atoms with Gasteiger partial charge in [0.1, 0.15) is 17.5 Å². The van der Waals surface area contributed by atoms with Crippen molar-refractivity contribution < 1.29 is 13.6 Å². The molecular formula is C28H27F2N3O2. The fraction of sp³-hybridized carbons (Fsp3) is 0.250. The summed E-state index contributed by atoms with van der Waals surface area (Å²) in [6.45, 7) is 6.32. The van der Waals surface area contributed by atoms with Gasteiger partial charge >= 0.3 is 0 Å². The van der Waals surface area contributed by atoms with Gasteiger partial charge in [-0.1, -0.05) is 32.9 Å². The van der Waals surface area contributed by atoms with Crippen LogP contribution in [0.2, 0.25) is 0 Å². The van der Waals surface area contributed by atoms with E-state index in [1.165, 1.54) is 53.1 Å². The smallest absolute Gasteiger partial charge is 0.266 e. The second kappa shape index (κ2) is 10.2. The molecular weight excluding hydrogens is 448 g/mol. The molecule has 1 atom stereocenters. The molecule has 0 saturated carbocycles. The summed E-state index contributed by atoms with van der Waals surface area (Å²) in [5.74, 6) is -0.611. The summed E-state index contributed by atoms with van der Waals surface area (Å²) < 4.78 is 28.7. The van der Waals surface area contributed by atoms with Crippen LogP contribution < -0.4 is 5.56 Å². The van der Waals surface area contributed by atoms with Crippen LogP contribution in [0.1, 0.15) is 49.4 Å². The molecule has 1 heterocycles. The third-order valence-electron chi connectivity index (χ3n) is 5.86. The van der Waals surface area contributed by atoms with E-state index >= 15 is 0 Å². The maximum absolute atomic E-state index is 13.7. The Hall–Kier alpha value is -3.87. The Bertz CT molecular complexity index is 1400. The number of hydrogen-bond donors (Lipinski definition) is 0. The van der Waals surface area contributed by atoms with Gasteiger partial charge in [0, 0.05) is 12.1 Å². The minimum absolute atomic E-state index is 0.125. The molecule has 1 aromatic heterocycles. The van der Waals surface area contributed by atoms with E-state index < -0.39 is 17.7 Å². The maximum Gasteiger partial charge on any atom is 0.266 e. The molecule has 35 heavy (non-hydrogen) atoms. The SMILES string of the molecule is CCC(c1nc2ccccc2c(=O)n1-c1ccc(F)cc1)N(CC(C)C)C(=O)c1ccc(F)cc1. The number of fused-ring (bicyclic) bond motifs is 1. The van der Waals surface area contributed by atoms with Gasteiger partial charge < -0.3 is 4.90 Å². The monoisotopic (exact) mass is 475 g/mol. The normalized spacial score (nSPS) is 12.2. The predicted molar refractivity (Wildman–Crippen MR) is 133 cm³/mol. The molecule has 4 aromatic rings. The highest BCUT2D eigenvalue weighted by Gasteiger charge is 2.30. The van der Waals surface area contributed by atoms with E-state index in [9.17, 15) is 18.4 Å². The number of carbonyl (C=O) groups excluding carboxylic acids is 1. The number of amides is 1. The molecule has 0 N–H and O–H groups in total. The van der Waals surface area contributed by atoms with Crippen LogP contribution in [-0.2, 0) is 0 Å². The molecule has 180 valence electrons. The Morgan fingerprint density at radius 2 is 1.54 bits per heavy atom. The zero-order chi connectivity index (χ0) is 25.1. The van der Waals surface area contributed by atoms with E-state index in [4.69, 9.17) is 4.98 Å². The van der Waals surface area contributed by atoms with Gasteiger partial charge in [0.2, 0.25) is 0 Å². The first kappa shape index (κ1) is 24.3. The molecule has 4 rings (SSSR count). The number of hydrogen-bond acceptors (Lipinski definition) is 3. The van der Waals surface area contributed by atoms with Crippen LogP contribution in [0.25, 0.3) is 16.6 Å². The number of carbonyl (C=O) groups is 1. The lowest BCUT2D eigenvalue weighted by atomic mass is 10.1. The van der Waals surface area contributed by atoms with Gasteiger partial charge in [-0.15, -0.1) is 0 Å². The number of nitrogens with zero attached hydrogens (tertiary/aromatic N) is 3. The molecule has 7 heteroatoms. The molecule has 0 radical (unpaired) electrons. The number of para-hydroxylation sites is 1. The molecule has 3 aromatic carbocycles. The molecule has 0 aliphatic carbocycles. The third kappa shape index (κ3) is 4.99. The Kier molecular flexibility index (Phi) is 7.05. The first-order valence-corrected chi connectivity index (χ1v) is 11.6. The Morgan fingerprint density at radius 1 is 0.943 bits per heavy atom. The van der Waals surface area contributed by atoms with Gasteiger partial charge in [-0.3, -0.25) is 14.2 Å². The summed E-state index contributed by atoms with van der Waals surface area (Å²) in [6.07, 6.45) is 0.478. The van der Waals surface area contributed by atoms with Crippen molar-refractivity contribution in [3.8, 4) is 5.69 Å². The van der Waals surface area contributed by atoms with Crippen molar-refractivity contribution in [3.63, 3.8) is 0 Å². The average Bonchev–Trinajstić information content (AvgIpc) is 2.85. The van der Waals surface area contributed by atoms with Crippen LogP contribution in [0.15, 0.2) is 77.6 Å². The van der Waals surface area contributed by atoms with Crippen LogP contribution in [-0.4, -0.2) is 26.9 Å². The predicted octanol–water partition coefficient (Wildman–Crippen LogP) is 5.91. The second-order valence-electron chi connectivity index (χ2n) is 8.89. The van der Waals surface area contributed by atoms with Gasteiger partial charge in [-0.25, -0.2) is 13.8 Å². The highest BCUT2D eigenvalue weighted by atomic mass is 19.1. The molecule has 1 amide bonds. The van der Waals surface area contributed by atoms with E-state index in [0.717, 1.165) is 0 Å². The van der Waals surface area contributed by atoms with Crippen molar-refractivity contribution >= 4 is 16.8 Å². The van der Waals surface area contributed by atoms with Crippen LogP contribution in [0, 0.1) is 17.6 Å². The minimum atomic E-state index is -0.558. The van der Waals surface area contributed by atoms with Gasteiger partial charge in [0.05, 0.1) is 22.6 Å². The van der Waals surface area contributed by atoms with E-state index in [1.807, 2.05) is 20.8 Å². The Morgan fingerprint density at radius 3 is 2.14 bits per heavy atom. The van der Waals surface area contributed by atoms with E-state index in [2.05, 4.69) is 0 Å². The van der Waals surface area contributed by atoms with Crippen molar-refractivity contribution in [3.05, 3.63) is 106 Å². The van der Waals surface area contributed by atoms with Crippen LogP contribution in [0.3, 0.4) is 0 Å². The molecule has 0 fully saturated rings. The lowest BCUT2D eigenvalue weighted by Gasteiger charge is -2.33. The van der Waals surface area contributed by atoms with Gasteiger partial charge in [0.25, 0.3) is 11.5 Å². The number of aromatic nitrogens is 2. The first-order valence-electron chi connectivity index (χ1n) is 11.6. The topological polar surface area (TPSA) is 55.2 Å². The fourth-order valence-electron chi connectivity index (χ4n) is 4.26. The summed E-state index contributed by atoms with van der Waals surface area (Å²) in [5.41, 5.74) is 1.03. The van der Waals surface area contributed by atoms with Gasteiger partial charge in [0.15, 0.2) is 0 Å². The molecule has 0 saturated heterocycles. The van der Waals surface area contributed by atoms with Crippen molar-refractivity contribution in [1.29, 1.82) is 0 Å². The standard InChI is InChI=1S/C28H27F2N3O2/c1-4-25(32(17-18(2)3)27(34)19-9-11-20(29)12-10-19)26-31-24-8-6-5-7-23(24)28(35)33(26)22-15-13-21(30)14-16-22/h5-16,18,25H,4,17H2,1-3H3. The molecule has 1 unspecified atom stereocenters. The zero-order valence-electron chi connectivity index (χ0n) is 19.9. The summed E-state index contributed by atoms with van der Waals surface area (Å²) in [4.78, 5) is 33.8. The summed E-state index contributed by atoms with van der Waals surface area (Å²) >= 11 is 0. The number of benzene rings is 3. The average molecular weight is 476 g/mol. The number of rotatable bonds is 7. The van der Waals surface area contributed by atoms with Crippen LogP contribution in [0.5, 0.6) is 0 Å². The van der Waals surface area contributed by atoms with E-state index in [0.29, 0.717) is 40.9 Å². The summed E-state index contributed by atoms with van der Waals surface area (Å²) in [7, 11) is 0. The quantitative estimate of drug-likeness (QED) is 0.334. The lowest BCUT2D eigenvalue weighted by Crippen LogP contribution is -2.40. The fourth-order valence-corrected chi connectivity index (χ4v) is 4.26. The van der Waals surface area contributed by atoms with Gasteiger partial charge in [-0.05, 0) is 73.0 Å². The lowest BCUT2D eigenvalue weighted by molar-refractivity contribution is 0.0631. The van der Waals surface area contributed by atoms with Crippen LogP contribution in [0.4, 0.5) is 8.78 Å². The Balaban J connectivity index is 1.94. The highest BCUT2D eigenvalue weighted by molar-refractivity contribution is 5.94. The maximum atomic E-state index is 13.7. The molecule has 5 nitrogen and oxygen atoms in total. The zero-order valence-corrected chi connectivity index (χ0v) is 19.9. The molecule has 0 spiro atoms. The van der Waals surface area contributed by atoms with Crippen LogP contribution >= 0.6 is 0 Å². The molecule has 0 bridgehead atoms. The molecule has 0 aliphatic rings. The number of halogens is 2. The third-order valence-corrected chi connectivity index (χ3v) is 5.86. The minimum Gasteiger partial charge on any atom is -0.328 e. The largest absolute Gasteiger partial charge is 0.328 e. The van der Waals surface area contributed by atoms with Crippen molar-refractivity contribution in [2.24, 2.45) is 5.92 Å². The van der Waals surface area contributed by atoms with Crippen molar-refractivity contribution in [2.45, 2.75) is 33.2 Å². The highest BCUT2D eigenvalue weighted by Crippen LogP contribution is 2.28. The van der Waals surface area contributed by atoms with E-state index in [-0.39, 0.29) is 17.4 Å². The summed E-state index contributed by atoms with van der Waals surface area (Å²) in [6, 6.07) is 17.5.